The SMILES string of the molecule is CCC(CC)C(=O)Oc1ccccc1C(=O)c1ccccc1[C]=O. The lowest BCUT2D eigenvalue weighted by Crippen LogP contribution is -2.20. The van der Waals surface area contributed by atoms with Crippen molar-refractivity contribution in [2.45, 2.75) is 26.7 Å². The molecule has 0 fully saturated rings. The smallest absolute Gasteiger partial charge is 0.314 e. The van der Waals surface area contributed by atoms with Crippen LogP contribution >= 0.6 is 0 Å². The molecule has 4 heteroatoms. The minimum atomic E-state index is -0.373. The van der Waals surface area contributed by atoms with Crippen LogP contribution in [0.2, 0.25) is 0 Å². The Balaban J connectivity index is 2.36. The molecule has 123 valence electrons. The van der Waals surface area contributed by atoms with E-state index in [1.165, 1.54) is 6.07 Å². The highest BCUT2D eigenvalue weighted by molar-refractivity contribution is 6.14. The van der Waals surface area contributed by atoms with E-state index in [2.05, 4.69) is 0 Å². The topological polar surface area (TPSA) is 60.4 Å². The summed E-state index contributed by atoms with van der Waals surface area (Å²) in [5, 5.41) is 0. The van der Waals surface area contributed by atoms with Gasteiger partial charge in [0.05, 0.1) is 11.5 Å². The molecule has 0 N–H and O–H groups in total. The molecule has 2 rings (SSSR count). The van der Waals surface area contributed by atoms with Gasteiger partial charge < -0.3 is 4.74 Å². The van der Waals surface area contributed by atoms with Crippen molar-refractivity contribution in [2.75, 3.05) is 0 Å². The first-order valence-electron chi connectivity index (χ1n) is 7.94. The van der Waals surface area contributed by atoms with Gasteiger partial charge in [-0.25, -0.2) is 0 Å². The molecule has 0 unspecified atom stereocenters. The Morgan fingerprint density at radius 2 is 1.54 bits per heavy atom. The van der Waals surface area contributed by atoms with Crippen molar-refractivity contribution < 1.29 is 19.1 Å². The van der Waals surface area contributed by atoms with Gasteiger partial charge in [-0.2, -0.15) is 0 Å². The first-order chi connectivity index (χ1) is 11.6. The summed E-state index contributed by atoms with van der Waals surface area (Å²) in [6, 6.07) is 13.0. The minimum Gasteiger partial charge on any atom is -0.426 e. The minimum absolute atomic E-state index is 0.184. The van der Waals surface area contributed by atoms with E-state index in [0.717, 1.165) is 0 Å². The maximum absolute atomic E-state index is 12.8. The van der Waals surface area contributed by atoms with Crippen molar-refractivity contribution in [3.63, 3.8) is 0 Å². The highest BCUT2D eigenvalue weighted by atomic mass is 16.5. The average Bonchev–Trinajstić information content (AvgIpc) is 2.62. The first-order valence-corrected chi connectivity index (χ1v) is 7.94. The zero-order valence-electron chi connectivity index (χ0n) is 13.7. The van der Waals surface area contributed by atoms with E-state index in [1.54, 1.807) is 48.8 Å². The van der Waals surface area contributed by atoms with Gasteiger partial charge in [0.2, 0.25) is 6.29 Å². The summed E-state index contributed by atoms with van der Waals surface area (Å²) in [5.41, 5.74) is 0.668. The molecule has 0 aliphatic heterocycles. The quantitative estimate of drug-likeness (QED) is 0.443. The molecule has 0 aliphatic carbocycles. The third-order valence-electron chi connectivity index (χ3n) is 3.94. The first kappa shape index (κ1) is 17.6. The summed E-state index contributed by atoms with van der Waals surface area (Å²) in [6.45, 7) is 3.84. The Morgan fingerprint density at radius 3 is 2.17 bits per heavy atom. The maximum Gasteiger partial charge on any atom is 0.314 e. The van der Waals surface area contributed by atoms with Crippen LogP contribution in [0.1, 0.15) is 48.2 Å². The molecule has 0 atom stereocenters. The van der Waals surface area contributed by atoms with Crippen molar-refractivity contribution >= 4 is 18.0 Å². The fraction of sp³-hybridized carbons (Fsp3) is 0.250. The molecule has 24 heavy (non-hydrogen) atoms. The second kappa shape index (κ2) is 8.20. The van der Waals surface area contributed by atoms with Gasteiger partial charge in [-0.3, -0.25) is 14.4 Å². The van der Waals surface area contributed by atoms with Crippen LogP contribution in [0.4, 0.5) is 0 Å². The van der Waals surface area contributed by atoms with Gasteiger partial charge in [0, 0.05) is 11.1 Å². The van der Waals surface area contributed by atoms with Crippen molar-refractivity contribution in [1.29, 1.82) is 0 Å². The Morgan fingerprint density at radius 1 is 0.958 bits per heavy atom. The molecule has 2 aromatic rings. The van der Waals surface area contributed by atoms with Crippen molar-refractivity contribution in [2.24, 2.45) is 5.92 Å². The van der Waals surface area contributed by atoms with Crippen molar-refractivity contribution in [3.8, 4) is 5.75 Å². The molecule has 2 aromatic carbocycles. The van der Waals surface area contributed by atoms with Gasteiger partial charge in [-0.15, -0.1) is 0 Å². The number of carbonyl (C=O) groups excluding carboxylic acids is 3. The van der Waals surface area contributed by atoms with Gasteiger partial charge in [0.1, 0.15) is 5.75 Å². The maximum atomic E-state index is 12.8. The molecule has 0 spiro atoms. The summed E-state index contributed by atoms with van der Waals surface area (Å²) in [5.74, 6) is -0.721. The number of ether oxygens (including phenoxy) is 1. The average molecular weight is 323 g/mol. The fourth-order valence-electron chi connectivity index (χ4n) is 2.47. The van der Waals surface area contributed by atoms with Gasteiger partial charge >= 0.3 is 5.97 Å². The number of ketones is 1. The Bertz CT molecular complexity index is 745. The molecular weight excluding hydrogens is 304 g/mol. The molecule has 0 saturated carbocycles. The normalized spacial score (nSPS) is 10.5. The number of esters is 1. The molecule has 4 nitrogen and oxygen atoms in total. The molecule has 1 radical (unpaired) electrons. The lowest BCUT2D eigenvalue weighted by molar-refractivity contribution is -0.139. The van der Waals surface area contributed by atoms with Crippen LogP contribution in [-0.4, -0.2) is 18.0 Å². The Labute approximate surface area is 141 Å². The van der Waals surface area contributed by atoms with Crippen LogP contribution in [-0.2, 0) is 9.59 Å². The van der Waals surface area contributed by atoms with E-state index in [0.29, 0.717) is 12.8 Å². The summed E-state index contributed by atoms with van der Waals surface area (Å²) in [7, 11) is 0. The van der Waals surface area contributed by atoms with Crippen LogP contribution < -0.4 is 4.74 Å². The van der Waals surface area contributed by atoms with Crippen LogP contribution in [0.15, 0.2) is 48.5 Å². The predicted molar refractivity (Wildman–Crippen MR) is 90.8 cm³/mol. The van der Waals surface area contributed by atoms with Crippen molar-refractivity contribution in [3.05, 3.63) is 65.2 Å². The monoisotopic (exact) mass is 323 g/mol. The number of hydrogen-bond donors (Lipinski definition) is 0. The van der Waals surface area contributed by atoms with E-state index >= 15 is 0 Å². The molecule has 0 heterocycles. The van der Waals surface area contributed by atoms with Gasteiger partial charge in [0.15, 0.2) is 5.78 Å². The zero-order valence-corrected chi connectivity index (χ0v) is 13.7. The summed E-state index contributed by atoms with van der Waals surface area (Å²) >= 11 is 0. The lowest BCUT2D eigenvalue weighted by Gasteiger charge is -2.14. The second-order valence-electron chi connectivity index (χ2n) is 5.41. The van der Waals surface area contributed by atoms with E-state index in [4.69, 9.17) is 4.74 Å². The number of hydrogen-bond acceptors (Lipinski definition) is 4. The van der Waals surface area contributed by atoms with Gasteiger partial charge in [-0.05, 0) is 25.0 Å². The highest BCUT2D eigenvalue weighted by Crippen LogP contribution is 2.24. The zero-order chi connectivity index (χ0) is 17.5. The predicted octanol–water partition coefficient (Wildman–Crippen LogP) is 3.72. The summed E-state index contributed by atoms with van der Waals surface area (Å²) in [6.07, 6.45) is 3.11. The molecule has 0 bridgehead atoms. The number of carbonyl (C=O) groups is 2. The molecular formula is C20H19O4. The lowest BCUT2D eigenvalue weighted by atomic mass is 9.98. The van der Waals surface area contributed by atoms with Gasteiger partial charge in [-0.1, -0.05) is 50.2 Å². The molecule has 0 amide bonds. The van der Waals surface area contributed by atoms with E-state index in [9.17, 15) is 14.4 Å². The van der Waals surface area contributed by atoms with E-state index < -0.39 is 0 Å². The number of para-hydroxylation sites is 1. The van der Waals surface area contributed by atoms with Crippen LogP contribution in [0, 0.1) is 5.92 Å². The Kier molecular flexibility index (Phi) is 6.01. The largest absolute Gasteiger partial charge is 0.426 e. The number of benzene rings is 2. The summed E-state index contributed by atoms with van der Waals surface area (Å²) < 4.78 is 5.45. The summed E-state index contributed by atoms with van der Waals surface area (Å²) in [4.78, 5) is 36.0. The third kappa shape index (κ3) is 3.77. The second-order valence-corrected chi connectivity index (χ2v) is 5.41. The third-order valence-corrected chi connectivity index (χ3v) is 3.94. The van der Waals surface area contributed by atoms with Crippen LogP contribution in [0.3, 0.4) is 0 Å². The fourth-order valence-corrected chi connectivity index (χ4v) is 2.47. The van der Waals surface area contributed by atoms with E-state index in [-0.39, 0.29) is 40.1 Å². The highest BCUT2D eigenvalue weighted by Gasteiger charge is 2.22. The standard InChI is InChI=1S/C20H19O4/c1-3-14(4-2)20(23)24-18-12-8-7-11-17(18)19(22)16-10-6-5-9-15(16)13-21/h5-12,14H,3-4H2,1-2H3. The molecule has 0 aromatic heterocycles. The van der Waals surface area contributed by atoms with E-state index in [1.807, 2.05) is 13.8 Å². The number of rotatable bonds is 7. The van der Waals surface area contributed by atoms with Gasteiger partial charge in [0.25, 0.3) is 0 Å². The molecule has 0 aliphatic rings. The van der Waals surface area contributed by atoms with Crippen LogP contribution in [0.25, 0.3) is 0 Å². The molecule has 0 saturated heterocycles. The van der Waals surface area contributed by atoms with Crippen molar-refractivity contribution in [1.82, 2.24) is 0 Å². The Hall–Kier alpha value is -2.75. The van der Waals surface area contributed by atoms with Crippen LogP contribution in [0.5, 0.6) is 5.75 Å².